The van der Waals surface area contributed by atoms with Gasteiger partial charge in [0.25, 0.3) is 0 Å². The van der Waals surface area contributed by atoms with Crippen LogP contribution in [0.4, 0.5) is 0 Å². The fourth-order valence-corrected chi connectivity index (χ4v) is 3.93. The monoisotopic (exact) mass is 352 g/mol. The fraction of sp³-hybridized carbons (Fsp3) is 0.667. The molecule has 0 aromatic carbocycles. The molecule has 2 N–H and O–H groups in total. The van der Waals surface area contributed by atoms with Crippen molar-refractivity contribution in [1.29, 1.82) is 0 Å². The first kappa shape index (κ1) is 18.1. The second kappa shape index (κ2) is 6.23. The van der Waals surface area contributed by atoms with Crippen LogP contribution in [0.2, 0.25) is 0 Å². The van der Waals surface area contributed by atoms with Gasteiger partial charge in [0.1, 0.15) is 19.7 Å². The number of esters is 2. The van der Waals surface area contributed by atoms with Crippen molar-refractivity contribution in [2.75, 3.05) is 19.7 Å². The molecule has 3 aliphatic rings. The van der Waals surface area contributed by atoms with Gasteiger partial charge in [0, 0.05) is 17.6 Å². The Morgan fingerprint density at radius 2 is 2.12 bits per heavy atom. The molecule has 0 bridgehead atoms. The van der Waals surface area contributed by atoms with Gasteiger partial charge in [-0.25, -0.2) is 14.8 Å². The molecule has 3 heterocycles. The first-order valence-electron chi connectivity index (χ1n) is 8.73. The number of quaternary nitrogens is 1. The number of ether oxygens (including phenoxy) is 2. The second-order valence-electron chi connectivity index (χ2n) is 7.49. The van der Waals surface area contributed by atoms with E-state index in [1.165, 1.54) is 6.92 Å². The van der Waals surface area contributed by atoms with Gasteiger partial charge >= 0.3 is 11.9 Å². The molecular weight excluding hydrogens is 326 g/mol. The number of carbonyl (C=O) groups is 2. The summed E-state index contributed by atoms with van der Waals surface area (Å²) in [4.78, 5) is 25.0. The Morgan fingerprint density at radius 3 is 2.80 bits per heavy atom. The molecule has 7 nitrogen and oxygen atoms in total. The molecule has 7 heteroatoms. The van der Waals surface area contributed by atoms with Crippen molar-refractivity contribution < 1.29 is 34.0 Å². The van der Waals surface area contributed by atoms with Crippen molar-refractivity contribution >= 4 is 11.9 Å². The lowest BCUT2D eigenvalue weighted by atomic mass is 9.85. The van der Waals surface area contributed by atoms with Crippen molar-refractivity contribution in [1.82, 2.24) is 0 Å². The van der Waals surface area contributed by atoms with Gasteiger partial charge in [-0.3, -0.25) is 0 Å². The van der Waals surface area contributed by atoms with Gasteiger partial charge in [-0.05, 0) is 32.3 Å². The van der Waals surface area contributed by atoms with Gasteiger partial charge in [-0.1, -0.05) is 13.0 Å². The summed E-state index contributed by atoms with van der Waals surface area (Å²) in [5.74, 6) is -1.69. The fourth-order valence-electron chi connectivity index (χ4n) is 3.93. The third-order valence-corrected chi connectivity index (χ3v) is 5.86. The number of hydrogen-bond acceptors (Lipinski definition) is 6. The van der Waals surface area contributed by atoms with Crippen LogP contribution in [0.15, 0.2) is 23.3 Å². The third-order valence-electron chi connectivity index (χ3n) is 5.86. The van der Waals surface area contributed by atoms with Crippen LogP contribution < -0.4 is 0 Å². The van der Waals surface area contributed by atoms with Crippen LogP contribution in [-0.2, 0) is 19.1 Å². The molecule has 3 rings (SSSR count). The van der Waals surface area contributed by atoms with Crippen LogP contribution in [0, 0.1) is 5.92 Å². The highest BCUT2D eigenvalue weighted by Crippen LogP contribution is 2.38. The van der Waals surface area contributed by atoms with Crippen LogP contribution in [0.5, 0.6) is 0 Å². The number of nitrogens with zero attached hydrogens (tertiary/aromatic N) is 1. The molecule has 2 fully saturated rings. The van der Waals surface area contributed by atoms with Gasteiger partial charge in [0.05, 0.1) is 0 Å². The summed E-state index contributed by atoms with van der Waals surface area (Å²) in [5, 5.41) is 21.3. The molecule has 2 saturated heterocycles. The van der Waals surface area contributed by atoms with E-state index < -0.39 is 35.6 Å². The lowest BCUT2D eigenvalue weighted by Crippen LogP contribution is -2.50. The first-order chi connectivity index (χ1) is 11.7. The lowest BCUT2D eigenvalue weighted by molar-refractivity contribution is -1.10. The van der Waals surface area contributed by atoms with Gasteiger partial charge < -0.3 is 14.6 Å². The Balaban J connectivity index is 1.94. The van der Waals surface area contributed by atoms with Gasteiger partial charge in [0.2, 0.25) is 0 Å². The van der Waals surface area contributed by atoms with Crippen LogP contribution in [-0.4, -0.2) is 64.3 Å². The zero-order valence-electron chi connectivity index (χ0n) is 14.9. The van der Waals surface area contributed by atoms with E-state index in [9.17, 15) is 19.9 Å². The number of cyclic esters (lactones) is 1. The van der Waals surface area contributed by atoms with Crippen molar-refractivity contribution in [3.63, 3.8) is 0 Å². The molecule has 0 aromatic rings. The van der Waals surface area contributed by atoms with Crippen LogP contribution in [0.1, 0.15) is 33.6 Å². The number of carbonyl (C=O) groups excluding carboxylic acids is 2. The topological polar surface area (TPSA) is 93.1 Å². The van der Waals surface area contributed by atoms with Crippen molar-refractivity contribution in [3.05, 3.63) is 23.3 Å². The first-order valence-corrected chi connectivity index (χ1v) is 8.73. The molecule has 2 unspecified atom stereocenters. The van der Waals surface area contributed by atoms with E-state index in [1.807, 2.05) is 6.08 Å². The van der Waals surface area contributed by atoms with E-state index in [0.717, 1.165) is 5.57 Å². The average molecular weight is 352 g/mol. The predicted molar refractivity (Wildman–Crippen MR) is 87.3 cm³/mol. The largest absolute Gasteiger partial charge is 0.459 e. The zero-order valence-corrected chi connectivity index (χ0v) is 14.9. The molecule has 138 valence electrons. The smallest absolute Gasteiger partial charge is 0.338 e. The Hall–Kier alpha value is -1.70. The van der Waals surface area contributed by atoms with Gasteiger partial charge in [0.15, 0.2) is 17.7 Å². The van der Waals surface area contributed by atoms with Crippen molar-refractivity contribution in [2.24, 2.45) is 5.92 Å². The summed E-state index contributed by atoms with van der Waals surface area (Å²) >= 11 is 0. The predicted octanol–water partition coefficient (Wildman–Crippen LogP) is 1.10. The molecular formula is C18H26NO6+. The molecule has 0 aliphatic carbocycles. The second-order valence-corrected chi connectivity index (χ2v) is 7.49. The molecule has 0 aromatic heterocycles. The number of hydroxylamine groups is 3. The SMILES string of the molecule is C/C=C1/C[C@@H](C)[C@@](C)(O)C(=O)OCC2=CC[N+]3(O)CC[C@@H](OC1=O)C23. The minimum absolute atomic E-state index is 0.0164. The Morgan fingerprint density at radius 1 is 1.40 bits per heavy atom. The van der Waals surface area contributed by atoms with E-state index >= 15 is 0 Å². The van der Waals surface area contributed by atoms with Crippen LogP contribution in [0.25, 0.3) is 0 Å². The maximum absolute atomic E-state index is 12.6. The number of rotatable bonds is 0. The molecule has 25 heavy (non-hydrogen) atoms. The highest BCUT2D eigenvalue weighted by atomic mass is 16.6. The van der Waals surface area contributed by atoms with E-state index in [4.69, 9.17) is 9.47 Å². The minimum atomic E-state index is -1.72. The highest BCUT2D eigenvalue weighted by Gasteiger charge is 2.56. The maximum Gasteiger partial charge on any atom is 0.338 e. The van der Waals surface area contributed by atoms with Gasteiger partial charge in [-0.15, -0.1) is 0 Å². The summed E-state index contributed by atoms with van der Waals surface area (Å²) in [5.41, 5.74) is -0.572. The number of aliphatic hydroxyl groups is 1. The Labute approximate surface area is 147 Å². The molecule has 0 spiro atoms. The van der Waals surface area contributed by atoms with E-state index in [-0.39, 0.29) is 17.7 Å². The summed E-state index contributed by atoms with van der Waals surface area (Å²) in [6, 6.07) is -0.420. The van der Waals surface area contributed by atoms with Gasteiger partial charge in [-0.2, -0.15) is 4.65 Å². The van der Waals surface area contributed by atoms with Crippen molar-refractivity contribution in [2.45, 2.75) is 51.4 Å². The van der Waals surface area contributed by atoms with E-state index in [0.29, 0.717) is 25.1 Å². The molecule has 5 atom stereocenters. The van der Waals surface area contributed by atoms with Crippen LogP contribution >= 0.6 is 0 Å². The minimum Gasteiger partial charge on any atom is -0.459 e. The maximum atomic E-state index is 12.6. The number of hydrogen-bond donors (Lipinski definition) is 2. The van der Waals surface area contributed by atoms with Crippen molar-refractivity contribution in [3.8, 4) is 0 Å². The zero-order chi connectivity index (χ0) is 18.4. The summed E-state index contributed by atoms with van der Waals surface area (Å²) in [6.45, 7) is 5.69. The number of allylic oxidation sites excluding steroid dienone is 1. The van der Waals surface area contributed by atoms with E-state index in [2.05, 4.69) is 0 Å². The third kappa shape index (κ3) is 3.01. The Bertz CT molecular complexity index is 652. The summed E-state index contributed by atoms with van der Waals surface area (Å²) < 4.78 is 10.8. The average Bonchev–Trinajstić information content (AvgIpc) is 3.05. The highest BCUT2D eigenvalue weighted by molar-refractivity contribution is 5.89. The quantitative estimate of drug-likeness (QED) is 0.293. The summed E-state index contributed by atoms with van der Waals surface area (Å²) in [7, 11) is 0. The molecule has 0 amide bonds. The lowest BCUT2D eigenvalue weighted by Gasteiger charge is -2.32. The standard InChI is InChI=1S/C18H26NO6/c1-4-12-9-11(2)18(3,22)17(21)24-10-13-5-7-19(23)8-6-14(15(13)19)25-16(12)20/h4-5,11,14-15,22-23H,6-10H2,1-3H3/q+1/b12-4-/t11-,14-,15?,18-,19?/m1/s1. The molecule has 3 aliphatic heterocycles. The summed E-state index contributed by atoms with van der Waals surface area (Å²) in [6.07, 6.45) is 3.79. The molecule has 0 saturated carbocycles. The Kier molecular flexibility index (Phi) is 4.51. The van der Waals surface area contributed by atoms with E-state index in [1.54, 1.807) is 19.9 Å². The normalized spacial score (nSPS) is 43.6. The molecule has 0 radical (unpaired) electrons. The van der Waals surface area contributed by atoms with Crippen LogP contribution in [0.3, 0.4) is 0 Å².